The predicted octanol–water partition coefficient (Wildman–Crippen LogP) is 2.64. The van der Waals surface area contributed by atoms with Gasteiger partial charge in [0.15, 0.2) is 0 Å². The van der Waals surface area contributed by atoms with E-state index in [1.54, 1.807) is 18.2 Å². The number of hydrogen-bond donors (Lipinski definition) is 1. The summed E-state index contributed by atoms with van der Waals surface area (Å²) >= 11 is 0. The van der Waals surface area contributed by atoms with Crippen LogP contribution in [0.1, 0.15) is 25.8 Å². The molecule has 2 atom stereocenters. The highest BCUT2D eigenvalue weighted by Gasteiger charge is 2.28. The fourth-order valence-electron chi connectivity index (χ4n) is 2.87. The van der Waals surface area contributed by atoms with E-state index < -0.39 is 0 Å². The van der Waals surface area contributed by atoms with Crippen LogP contribution in [0.25, 0.3) is 0 Å². The van der Waals surface area contributed by atoms with Gasteiger partial charge in [-0.15, -0.1) is 0 Å². The molecule has 1 fully saturated rings. The minimum Gasteiger partial charge on any atom is -0.385 e. The van der Waals surface area contributed by atoms with Crippen molar-refractivity contribution in [1.29, 1.82) is 0 Å². The van der Waals surface area contributed by atoms with Crippen molar-refractivity contribution in [1.82, 2.24) is 4.90 Å². The molecule has 0 aliphatic carbocycles. The lowest BCUT2D eigenvalue weighted by Gasteiger charge is -2.27. The van der Waals surface area contributed by atoms with Crippen molar-refractivity contribution in [2.24, 2.45) is 0 Å². The Hall–Kier alpha value is -1.66. The summed E-state index contributed by atoms with van der Waals surface area (Å²) in [5.41, 5.74) is 2.05. The summed E-state index contributed by atoms with van der Waals surface area (Å²) < 4.78 is 5.60. The lowest BCUT2D eigenvalue weighted by Crippen LogP contribution is -2.36. The summed E-state index contributed by atoms with van der Waals surface area (Å²) in [5.74, 6) is 0. The van der Waals surface area contributed by atoms with Crippen LogP contribution in [0.3, 0.4) is 0 Å². The minimum atomic E-state index is -0.347. The topological polar surface area (TPSA) is 67.6 Å². The van der Waals surface area contributed by atoms with E-state index in [1.807, 2.05) is 14.0 Å². The molecule has 116 valence electrons. The molecule has 0 amide bonds. The van der Waals surface area contributed by atoms with Gasteiger partial charge in [0.1, 0.15) is 0 Å². The Bertz CT molecular complexity index is 507. The molecule has 0 bridgehead atoms. The number of non-ortho nitro benzene ring substituents is 1. The SMILES string of the molecule is CCNc1ccc([N+](=O)[O-])cc1CN(C)C1CCOC1C. The zero-order valence-electron chi connectivity index (χ0n) is 12.8. The third kappa shape index (κ3) is 3.71. The van der Waals surface area contributed by atoms with Gasteiger partial charge in [-0.1, -0.05) is 0 Å². The van der Waals surface area contributed by atoms with Crippen LogP contribution in [0.15, 0.2) is 18.2 Å². The maximum Gasteiger partial charge on any atom is 0.269 e. The van der Waals surface area contributed by atoms with Gasteiger partial charge in [0.2, 0.25) is 0 Å². The lowest BCUT2D eigenvalue weighted by atomic mass is 10.1. The molecule has 0 aromatic heterocycles. The Kier molecular flexibility index (Phi) is 5.14. The van der Waals surface area contributed by atoms with E-state index in [-0.39, 0.29) is 16.7 Å². The maximum absolute atomic E-state index is 11.0. The van der Waals surface area contributed by atoms with Gasteiger partial charge in [-0.05, 0) is 38.9 Å². The summed E-state index contributed by atoms with van der Waals surface area (Å²) in [6.07, 6.45) is 1.21. The molecule has 1 aliphatic rings. The molecule has 1 aromatic rings. The second-order valence-electron chi connectivity index (χ2n) is 5.48. The molecule has 21 heavy (non-hydrogen) atoms. The van der Waals surface area contributed by atoms with Gasteiger partial charge < -0.3 is 10.1 Å². The Morgan fingerprint density at radius 2 is 2.29 bits per heavy atom. The van der Waals surface area contributed by atoms with E-state index >= 15 is 0 Å². The third-order valence-corrected chi connectivity index (χ3v) is 3.99. The van der Waals surface area contributed by atoms with Crippen LogP contribution in [0.5, 0.6) is 0 Å². The zero-order chi connectivity index (χ0) is 15.4. The number of benzene rings is 1. The Morgan fingerprint density at radius 3 is 2.86 bits per heavy atom. The number of likely N-dealkylation sites (N-methyl/N-ethyl adjacent to an activating group) is 1. The molecule has 0 radical (unpaired) electrons. The van der Waals surface area contributed by atoms with Crippen LogP contribution in [0, 0.1) is 10.1 Å². The summed E-state index contributed by atoms with van der Waals surface area (Å²) in [7, 11) is 2.05. The van der Waals surface area contributed by atoms with Crippen LogP contribution in [0.2, 0.25) is 0 Å². The summed E-state index contributed by atoms with van der Waals surface area (Å²) in [6.45, 7) is 6.33. The number of nitrogens with zero attached hydrogens (tertiary/aromatic N) is 2. The first-order valence-corrected chi connectivity index (χ1v) is 7.36. The zero-order valence-corrected chi connectivity index (χ0v) is 12.8. The summed E-state index contributed by atoms with van der Waals surface area (Å²) in [6, 6.07) is 5.36. The van der Waals surface area contributed by atoms with E-state index in [0.29, 0.717) is 12.6 Å². The molecular weight excluding hydrogens is 270 g/mol. The quantitative estimate of drug-likeness (QED) is 0.645. The number of nitro benzene ring substituents is 1. The van der Waals surface area contributed by atoms with E-state index in [0.717, 1.165) is 30.8 Å². The number of ether oxygens (including phenoxy) is 1. The third-order valence-electron chi connectivity index (χ3n) is 3.99. The van der Waals surface area contributed by atoms with E-state index in [1.165, 1.54) is 0 Å². The lowest BCUT2D eigenvalue weighted by molar-refractivity contribution is -0.384. The van der Waals surface area contributed by atoms with Gasteiger partial charge in [-0.25, -0.2) is 0 Å². The molecule has 1 aliphatic heterocycles. The van der Waals surface area contributed by atoms with Gasteiger partial charge >= 0.3 is 0 Å². The minimum absolute atomic E-state index is 0.135. The first kappa shape index (κ1) is 15.7. The molecule has 1 aromatic carbocycles. The second-order valence-corrected chi connectivity index (χ2v) is 5.48. The monoisotopic (exact) mass is 293 g/mol. The highest BCUT2D eigenvalue weighted by atomic mass is 16.6. The number of nitrogens with one attached hydrogen (secondary N) is 1. The van der Waals surface area contributed by atoms with Crippen LogP contribution in [-0.4, -0.2) is 42.2 Å². The van der Waals surface area contributed by atoms with Gasteiger partial charge in [0.25, 0.3) is 5.69 Å². The highest BCUT2D eigenvalue weighted by molar-refractivity contribution is 5.56. The van der Waals surface area contributed by atoms with Crippen molar-refractivity contribution in [2.45, 2.75) is 39.0 Å². The number of nitro groups is 1. The molecule has 1 heterocycles. The molecule has 2 unspecified atom stereocenters. The maximum atomic E-state index is 11.0. The Labute approximate surface area is 125 Å². The number of hydrogen-bond acceptors (Lipinski definition) is 5. The molecule has 6 heteroatoms. The first-order valence-electron chi connectivity index (χ1n) is 7.36. The molecule has 0 spiro atoms. The van der Waals surface area contributed by atoms with Crippen molar-refractivity contribution < 1.29 is 9.66 Å². The predicted molar refractivity (Wildman–Crippen MR) is 82.5 cm³/mol. The average Bonchev–Trinajstić information content (AvgIpc) is 2.87. The first-order chi connectivity index (χ1) is 10.0. The fraction of sp³-hybridized carbons (Fsp3) is 0.600. The molecule has 1 saturated heterocycles. The van der Waals surface area contributed by atoms with Crippen LogP contribution in [0.4, 0.5) is 11.4 Å². The molecule has 6 nitrogen and oxygen atoms in total. The van der Waals surface area contributed by atoms with Crippen molar-refractivity contribution in [3.05, 3.63) is 33.9 Å². The summed E-state index contributed by atoms with van der Waals surface area (Å²) in [4.78, 5) is 12.8. The molecular formula is C15H23N3O3. The van der Waals surface area contributed by atoms with Crippen molar-refractivity contribution >= 4 is 11.4 Å². The molecule has 0 saturated carbocycles. The van der Waals surface area contributed by atoms with E-state index in [9.17, 15) is 10.1 Å². The average molecular weight is 293 g/mol. The van der Waals surface area contributed by atoms with Gasteiger partial charge in [-0.3, -0.25) is 15.0 Å². The largest absolute Gasteiger partial charge is 0.385 e. The van der Waals surface area contributed by atoms with E-state index in [4.69, 9.17) is 4.74 Å². The smallest absolute Gasteiger partial charge is 0.269 e. The standard InChI is InChI=1S/C15H23N3O3/c1-4-16-14-6-5-13(18(19)20)9-12(14)10-17(3)15-7-8-21-11(15)2/h5-6,9,11,15-16H,4,7-8,10H2,1-3H3. The van der Waals surface area contributed by atoms with Gasteiger partial charge in [0, 0.05) is 43.6 Å². The second kappa shape index (κ2) is 6.87. The Balaban J connectivity index is 2.19. The summed E-state index contributed by atoms with van der Waals surface area (Å²) in [5, 5.41) is 14.2. The van der Waals surface area contributed by atoms with Crippen LogP contribution >= 0.6 is 0 Å². The highest BCUT2D eigenvalue weighted by Crippen LogP contribution is 2.26. The van der Waals surface area contributed by atoms with Gasteiger partial charge in [-0.2, -0.15) is 0 Å². The number of anilines is 1. The fourth-order valence-corrected chi connectivity index (χ4v) is 2.87. The van der Waals surface area contributed by atoms with Crippen molar-refractivity contribution in [3.8, 4) is 0 Å². The van der Waals surface area contributed by atoms with Crippen LogP contribution < -0.4 is 5.32 Å². The van der Waals surface area contributed by atoms with Crippen LogP contribution in [-0.2, 0) is 11.3 Å². The van der Waals surface area contributed by atoms with E-state index in [2.05, 4.69) is 17.1 Å². The Morgan fingerprint density at radius 1 is 1.52 bits per heavy atom. The van der Waals surface area contributed by atoms with Crippen molar-refractivity contribution in [2.75, 3.05) is 25.5 Å². The molecule has 1 N–H and O–H groups in total. The normalized spacial score (nSPS) is 21.7. The number of rotatable bonds is 6. The van der Waals surface area contributed by atoms with Crippen molar-refractivity contribution in [3.63, 3.8) is 0 Å². The van der Waals surface area contributed by atoms with Gasteiger partial charge in [0.05, 0.1) is 11.0 Å². The molecule has 2 rings (SSSR count).